The second-order valence-corrected chi connectivity index (χ2v) is 10.4. The number of fused-ring (bicyclic) bond motifs is 1. The largest absolute Gasteiger partial charge is 0.450 e. The van der Waals surface area contributed by atoms with E-state index in [9.17, 15) is 15.0 Å². The van der Waals surface area contributed by atoms with Crippen LogP contribution in [0, 0.1) is 0 Å². The fraction of sp³-hybridized carbons (Fsp3) is 0.625. The van der Waals surface area contributed by atoms with E-state index in [1.54, 1.807) is 22.5 Å². The van der Waals surface area contributed by atoms with E-state index in [0.717, 1.165) is 18.5 Å². The van der Waals surface area contributed by atoms with Gasteiger partial charge in [0, 0.05) is 30.6 Å². The molecule has 2 aliphatic rings. The molecule has 0 aliphatic carbocycles. The summed E-state index contributed by atoms with van der Waals surface area (Å²) in [6.07, 6.45) is -0.214. The molecule has 1 amide bonds. The third kappa shape index (κ3) is 4.86. The first kappa shape index (κ1) is 25.4. The molecule has 37 heavy (non-hydrogen) atoms. The zero-order chi connectivity index (χ0) is 26.3. The summed E-state index contributed by atoms with van der Waals surface area (Å²) in [5, 5.41) is 29.1. The Morgan fingerprint density at radius 3 is 2.62 bits per heavy atom. The zero-order valence-corrected chi connectivity index (χ0v) is 21.4. The molecular formula is C24H33N7O6. The molecule has 13 nitrogen and oxygen atoms in total. The maximum Gasteiger partial charge on any atom is 0.409 e. The fourth-order valence-electron chi connectivity index (χ4n) is 4.66. The van der Waals surface area contributed by atoms with Gasteiger partial charge in [0.15, 0.2) is 29.0 Å². The lowest BCUT2D eigenvalue weighted by atomic mass is 9.92. The van der Waals surface area contributed by atoms with Gasteiger partial charge in [0.05, 0.1) is 18.6 Å². The van der Waals surface area contributed by atoms with E-state index >= 15 is 0 Å². The van der Waals surface area contributed by atoms with Crippen LogP contribution in [0.25, 0.3) is 11.2 Å². The summed E-state index contributed by atoms with van der Waals surface area (Å²) in [4.78, 5) is 26.9. The van der Waals surface area contributed by atoms with Crippen LogP contribution < -0.4 is 5.32 Å². The van der Waals surface area contributed by atoms with Crippen molar-refractivity contribution in [2.45, 2.75) is 76.5 Å². The number of nitrogens with zero attached hydrogens (tertiary/aromatic N) is 6. The third-order valence-corrected chi connectivity index (χ3v) is 6.81. The number of amides is 1. The van der Waals surface area contributed by atoms with Crippen molar-refractivity contribution in [2.75, 3.05) is 25.0 Å². The first-order valence-corrected chi connectivity index (χ1v) is 12.5. The lowest BCUT2D eigenvalue weighted by Gasteiger charge is -2.31. The molecule has 2 fully saturated rings. The number of rotatable bonds is 5. The minimum Gasteiger partial charge on any atom is -0.450 e. The Morgan fingerprint density at radius 1 is 1.19 bits per heavy atom. The highest BCUT2D eigenvalue weighted by Crippen LogP contribution is 2.41. The summed E-state index contributed by atoms with van der Waals surface area (Å²) in [7, 11) is 0. The summed E-state index contributed by atoms with van der Waals surface area (Å²) >= 11 is 0. The molecule has 0 spiro atoms. The Bertz CT molecular complexity index is 1250. The summed E-state index contributed by atoms with van der Waals surface area (Å²) < 4.78 is 18.2. The van der Waals surface area contributed by atoms with Gasteiger partial charge in [-0.3, -0.25) is 4.57 Å². The lowest BCUT2D eigenvalue weighted by molar-refractivity contribution is -0.0434. The molecule has 200 valence electrons. The average Bonchev–Trinajstić information content (AvgIpc) is 3.59. The van der Waals surface area contributed by atoms with E-state index < -0.39 is 24.5 Å². The zero-order valence-electron chi connectivity index (χ0n) is 21.4. The van der Waals surface area contributed by atoms with Gasteiger partial charge < -0.3 is 34.4 Å². The van der Waals surface area contributed by atoms with Crippen LogP contribution in [0.15, 0.2) is 23.2 Å². The number of ether oxygens (including phenoxy) is 2. The van der Waals surface area contributed by atoms with Gasteiger partial charge in [0.1, 0.15) is 24.6 Å². The molecule has 5 rings (SSSR count). The van der Waals surface area contributed by atoms with Crippen LogP contribution >= 0.6 is 0 Å². The van der Waals surface area contributed by atoms with Crippen LogP contribution in [0.3, 0.4) is 0 Å². The van der Waals surface area contributed by atoms with Crippen molar-refractivity contribution in [3.63, 3.8) is 0 Å². The first-order valence-electron chi connectivity index (χ1n) is 12.5. The number of carbonyl (C=O) groups is 1. The van der Waals surface area contributed by atoms with E-state index in [-0.39, 0.29) is 17.6 Å². The van der Waals surface area contributed by atoms with Crippen LogP contribution in [-0.4, -0.2) is 83.8 Å². The summed E-state index contributed by atoms with van der Waals surface area (Å²) in [5.41, 5.74) is 1.45. The maximum atomic E-state index is 12.0. The third-order valence-electron chi connectivity index (χ3n) is 6.81. The molecule has 2 saturated heterocycles. The average molecular weight is 516 g/mol. The molecule has 2 aliphatic heterocycles. The normalized spacial score (nSPS) is 25.1. The van der Waals surface area contributed by atoms with Gasteiger partial charge >= 0.3 is 6.09 Å². The Balaban J connectivity index is 1.32. The number of nitrogens with one attached hydrogen (secondary N) is 1. The Morgan fingerprint density at radius 2 is 1.95 bits per heavy atom. The van der Waals surface area contributed by atoms with E-state index in [4.69, 9.17) is 14.0 Å². The quantitative estimate of drug-likeness (QED) is 0.456. The maximum absolute atomic E-state index is 12.0. The minimum atomic E-state index is -1.25. The number of hydrogen-bond donors (Lipinski definition) is 3. The van der Waals surface area contributed by atoms with Gasteiger partial charge in [0.25, 0.3) is 0 Å². The Labute approximate surface area is 213 Å². The van der Waals surface area contributed by atoms with Crippen LogP contribution in [0.2, 0.25) is 0 Å². The number of aliphatic hydroxyl groups excluding tert-OH is 2. The van der Waals surface area contributed by atoms with Crippen molar-refractivity contribution in [3.8, 4) is 0 Å². The van der Waals surface area contributed by atoms with Gasteiger partial charge in [-0.2, -0.15) is 0 Å². The number of carbonyl (C=O) groups excluding carboxylic acids is 1. The molecule has 5 heterocycles. The monoisotopic (exact) mass is 515 g/mol. The van der Waals surface area contributed by atoms with Crippen molar-refractivity contribution >= 4 is 23.1 Å². The fourth-order valence-corrected chi connectivity index (χ4v) is 4.66. The topological polar surface area (TPSA) is 161 Å². The molecule has 0 saturated carbocycles. The summed E-state index contributed by atoms with van der Waals surface area (Å²) in [6, 6.07) is 1.84. The molecule has 3 aromatic heterocycles. The number of imidazole rings is 1. The number of aliphatic hydroxyl groups is 2. The summed E-state index contributed by atoms with van der Waals surface area (Å²) in [6.45, 7) is 9.32. The van der Waals surface area contributed by atoms with Crippen molar-refractivity contribution < 1.29 is 29.0 Å². The van der Waals surface area contributed by atoms with E-state index in [0.29, 0.717) is 42.4 Å². The van der Waals surface area contributed by atoms with Crippen molar-refractivity contribution in [3.05, 3.63) is 30.2 Å². The number of piperidine rings is 1. The highest BCUT2D eigenvalue weighted by atomic mass is 16.6. The molecule has 3 N–H and O–H groups in total. The van der Waals surface area contributed by atoms with Crippen LogP contribution in [0.4, 0.5) is 10.6 Å². The van der Waals surface area contributed by atoms with Gasteiger partial charge in [-0.25, -0.2) is 19.7 Å². The molecule has 3 aromatic rings. The van der Waals surface area contributed by atoms with Crippen molar-refractivity contribution in [1.29, 1.82) is 0 Å². The molecule has 0 bridgehead atoms. The first-order chi connectivity index (χ1) is 17.7. The van der Waals surface area contributed by atoms with E-state index in [2.05, 4.69) is 25.4 Å². The molecular weight excluding hydrogens is 482 g/mol. The molecule has 0 unspecified atom stereocenters. The van der Waals surface area contributed by atoms with Gasteiger partial charge in [-0.15, -0.1) is 0 Å². The standard InChI is InChI=1S/C24H33N7O6/c1-5-35-23(34)30-8-6-13(7-9-30)28-20-16-21(26-11-25-20)31(12-27-16)22-18(33)17(32)19(36-22)14-10-15(29-37-14)24(2,3)4/h10-13,17-19,22,32-33H,5-9H2,1-4H3,(H,25,26,28)/t17-,18+,19+,22+/m0/s1. The SMILES string of the molecule is CCOC(=O)N1CCC(Nc2ncnc3c2ncn3[C@@H]2O[C@H](c3cc(C(C)(C)C)no3)[C@@H](O)[C@H]2O)CC1. The van der Waals surface area contributed by atoms with Crippen molar-refractivity contribution in [1.82, 2.24) is 29.6 Å². The molecule has 13 heteroatoms. The van der Waals surface area contributed by atoms with Crippen molar-refractivity contribution in [2.24, 2.45) is 0 Å². The molecule has 0 aromatic carbocycles. The smallest absolute Gasteiger partial charge is 0.409 e. The van der Waals surface area contributed by atoms with Gasteiger partial charge in [-0.05, 0) is 19.8 Å². The number of hydrogen-bond acceptors (Lipinski definition) is 11. The lowest BCUT2D eigenvalue weighted by Crippen LogP contribution is -2.42. The Kier molecular flexibility index (Phi) is 6.77. The molecule has 0 radical (unpaired) electrons. The van der Waals surface area contributed by atoms with Crippen LogP contribution in [0.1, 0.15) is 64.3 Å². The van der Waals surface area contributed by atoms with Crippen LogP contribution in [-0.2, 0) is 14.9 Å². The predicted molar refractivity (Wildman–Crippen MR) is 131 cm³/mol. The van der Waals surface area contributed by atoms with Gasteiger partial charge in [-0.1, -0.05) is 25.9 Å². The minimum absolute atomic E-state index is 0.0944. The Hall–Kier alpha value is -3.29. The molecule has 4 atom stereocenters. The van der Waals surface area contributed by atoms with E-state index in [1.165, 1.54) is 12.7 Å². The second-order valence-electron chi connectivity index (χ2n) is 10.4. The number of anilines is 1. The number of aromatic nitrogens is 5. The highest BCUT2D eigenvalue weighted by Gasteiger charge is 2.47. The van der Waals surface area contributed by atoms with Gasteiger partial charge in [0.2, 0.25) is 0 Å². The number of likely N-dealkylation sites (tertiary alicyclic amines) is 1. The van der Waals surface area contributed by atoms with E-state index in [1.807, 2.05) is 20.8 Å². The predicted octanol–water partition coefficient (Wildman–Crippen LogP) is 2.14. The highest BCUT2D eigenvalue weighted by molar-refractivity contribution is 5.82. The second kappa shape index (κ2) is 9.88. The van der Waals surface area contributed by atoms with Crippen LogP contribution in [0.5, 0.6) is 0 Å². The summed E-state index contributed by atoms with van der Waals surface area (Å²) in [5.74, 6) is 0.891.